The lowest BCUT2D eigenvalue weighted by Crippen LogP contribution is -2.23. The summed E-state index contributed by atoms with van der Waals surface area (Å²) in [4.78, 5) is 16.7. The van der Waals surface area contributed by atoms with Gasteiger partial charge < -0.3 is 11.1 Å². The minimum Gasteiger partial charge on any atom is -0.399 e. The number of thiophene rings is 1. The molecule has 0 bridgehead atoms. The predicted octanol–water partition coefficient (Wildman–Crippen LogP) is 1.66. The summed E-state index contributed by atoms with van der Waals surface area (Å²) in [6.45, 7) is 0.521. The number of pyridine rings is 1. The molecule has 16 heavy (non-hydrogen) atoms. The molecule has 4 nitrogen and oxygen atoms in total. The summed E-state index contributed by atoms with van der Waals surface area (Å²) in [6, 6.07) is 7.13. The van der Waals surface area contributed by atoms with Gasteiger partial charge in [0, 0.05) is 16.8 Å². The third-order valence-electron chi connectivity index (χ3n) is 2.02. The zero-order valence-corrected chi connectivity index (χ0v) is 9.33. The van der Waals surface area contributed by atoms with Crippen molar-refractivity contribution in [2.24, 2.45) is 0 Å². The number of rotatable bonds is 3. The van der Waals surface area contributed by atoms with Crippen LogP contribution in [0.1, 0.15) is 15.4 Å². The van der Waals surface area contributed by atoms with Crippen LogP contribution in [0.2, 0.25) is 0 Å². The van der Waals surface area contributed by atoms with Crippen LogP contribution in [-0.4, -0.2) is 10.9 Å². The molecule has 0 radical (unpaired) electrons. The molecule has 0 aliphatic rings. The predicted molar refractivity (Wildman–Crippen MR) is 64.1 cm³/mol. The first-order valence-electron chi connectivity index (χ1n) is 4.78. The molecular weight excluding hydrogens is 222 g/mol. The largest absolute Gasteiger partial charge is 0.399 e. The van der Waals surface area contributed by atoms with Gasteiger partial charge >= 0.3 is 0 Å². The fraction of sp³-hybridized carbons (Fsp3) is 0.0909. The highest BCUT2D eigenvalue weighted by atomic mass is 32.1. The quantitative estimate of drug-likeness (QED) is 0.847. The maximum Gasteiger partial charge on any atom is 0.270 e. The summed E-state index contributed by atoms with van der Waals surface area (Å²) in [6.07, 6.45) is 1.52. The molecule has 0 aliphatic carbocycles. The smallest absolute Gasteiger partial charge is 0.270 e. The summed E-state index contributed by atoms with van der Waals surface area (Å²) in [5.41, 5.74) is 6.45. The lowest BCUT2D eigenvalue weighted by atomic mass is 10.3. The van der Waals surface area contributed by atoms with Gasteiger partial charge in [0.25, 0.3) is 5.91 Å². The van der Waals surface area contributed by atoms with Gasteiger partial charge in [-0.1, -0.05) is 6.07 Å². The van der Waals surface area contributed by atoms with E-state index in [9.17, 15) is 4.79 Å². The Morgan fingerprint density at radius 1 is 1.50 bits per heavy atom. The van der Waals surface area contributed by atoms with Crippen LogP contribution < -0.4 is 11.1 Å². The van der Waals surface area contributed by atoms with Crippen LogP contribution in [0.4, 0.5) is 5.69 Å². The van der Waals surface area contributed by atoms with Gasteiger partial charge in [-0.05, 0) is 23.6 Å². The zero-order chi connectivity index (χ0) is 11.4. The number of nitrogens with one attached hydrogen (secondary N) is 1. The number of hydrogen-bond donors (Lipinski definition) is 2. The van der Waals surface area contributed by atoms with E-state index in [1.54, 1.807) is 23.5 Å². The maximum atomic E-state index is 11.7. The molecule has 3 N–H and O–H groups in total. The van der Waals surface area contributed by atoms with E-state index < -0.39 is 0 Å². The van der Waals surface area contributed by atoms with Gasteiger partial charge in [-0.15, -0.1) is 11.3 Å². The first-order valence-corrected chi connectivity index (χ1v) is 5.66. The number of aromatic nitrogens is 1. The maximum absolute atomic E-state index is 11.7. The van der Waals surface area contributed by atoms with Crippen molar-refractivity contribution in [1.29, 1.82) is 0 Å². The molecule has 5 heteroatoms. The SMILES string of the molecule is Nc1ccnc(C(=O)NCc2cccs2)c1. The second-order valence-electron chi connectivity index (χ2n) is 3.24. The minimum atomic E-state index is -0.208. The molecule has 0 fully saturated rings. The van der Waals surface area contributed by atoms with Crippen molar-refractivity contribution in [2.45, 2.75) is 6.54 Å². The van der Waals surface area contributed by atoms with Crippen LogP contribution in [0.25, 0.3) is 0 Å². The monoisotopic (exact) mass is 233 g/mol. The van der Waals surface area contributed by atoms with Crippen LogP contribution in [0, 0.1) is 0 Å². The van der Waals surface area contributed by atoms with E-state index in [2.05, 4.69) is 10.3 Å². The molecule has 0 saturated heterocycles. The lowest BCUT2D eigenvalue weighted by molar-refractivity contribution is 0.0946. The molecule has 2 aromatic heterocycles. The third kappa shape index (κ3) is 2.58. The van der Waals surface area contributed by atoms with Crippen LogP contribution in [0.5, 0.6) is 0 Å². The Bertz CT molecular complexity index is 482. The molecule has 0 unspecified atom stereocenters. The molecule has 2 aromatic rings. The number of anilines is 1. The summed E-state index contributed by atoms with van der Waals surface area (Å²) >= 11 is 1.60. The average molecular weight is 233 g/mol. The molecule has 2 rings (SSSR count). The standard InChI is InChI=1S/C11H11N3OS/c12-8-3-4-13-10(6-8)11(15)14-7-9-2-1-5-16-9/h1-6H,7H2,(H2,12,13)(H,14,15). The molecule has 0 saturated carbocycles. The Morgan fingerprint density at radius 2 is 2.38 bits per heavy atom. The number of amides is 1. The number of hydrogen-bond acceptors (Lipinski definition) is 4. The molecule has 0 aliphatic heterocycles. The van der Waals surface area contributed by atoms with E-state index in [4.69, 9.17) is 5.73 Å². The van der Waals surface area contributed by atoms with Gasteiger partial charge in [-0.25, -0.2) is 0 Å². The van der Waals surface area contributed by atoms with E-state index in [-0.39, 0.29) is 5.91 Å². The lowest BCUT2D eigenvalue weighted by Gasteiger charge is -2.03. The average Bonchev–Trinajstić information content (AvgIpc) is 2.78. The summed E-state index contributed by atoms with van der Waals surface area (Å²) in [5.74, 6) is -0.208. The highest BCUT2D eigenvalue weighted by Crippen LogP contribution is 2.08. The van der Waals surface area contributed by atoms with E-state index in [0.29, 0.717) is 17.9 Å². The van der Waals surface area contributed by atoms with Crippen molar-refractivity contribution in [2.75, 3.05) is 5.73 Å². The Kier molecular flexibility index (Phi) is 3.16. The molecule has 2 heterocycles. The molecule has 0 atom stereocenters. The van der Waals surface area contributed by atoms with Crippen LogP contribution in [-0.2, 0) is 6.54 Å². The van der Waals surface area contributed by atoms with Crippen molar-refractivity contribution in [1.82, 2.24) is 10.3 Å². The molecule has 0 spiro atoms. The Hall–Kier alpha value is -1.88. The summed E-state index contributed by atoms with van der Waals surface area (Å²) in [7, 11) is 0. The first-order chi connectivity index (χ1) is 7.75. The fourth-order valence-electron chi connectivity index (χ4n) is 1.24. The van der Waals surface area contributed by atoms with Crippen LogP contribution in [0.3, 0.4) is 0 Å². The van der Waals surface area contributed by atoms with E-state index in [0.717, 1.165) is 4.88 Å². The highest BCUT2D eigenvalue weighted by Gasteiger charge is 2.06. The number of carbonyl (C=O) groups is 1. The Labute approximate surface area is 97.1 Å². The summed E-state index contributed by atoms with van der Waals surface area (Å²) in [5, 5.41) is 4.75. The van der Waals surface area contributed by atoms with Crippen molar-refractivity contribution in [3.05, 3.63) is 46.4 Å². The molecule has 0 aromatic carbocycles. The molecular formula is C11H11N3OS. The van der Waals surface area contributed by atoms with Crippen LogP contribution >= 0.6 is 11.3 Å². The normalized spacial score (nSPS) is 10.0. The van der Waals surface area contributed by atoms with Gasteiger partial charge in [0.2, 0.25) is 0 Å². The van der Waals surface area contributed by atoms with Crippen molar-refractivity contribution >= 4 is 22.9 Å². The third-order valence-corrected chi connectivity index (χ3v) is 2.90. The molecule has 82 valence electrons. The van der Waals surface area contributed by atoms with Crippen LogP contribution in [0.15, 0.2) is 35.8 Å². The van der Waals surface area contributed by atoms with Gasteiger partial charge in [0.05, 0.1) is 6.54 Å². The first kappa shape index (κ1) is 10.6. The number of carbonyl (C=O) groups excluding carboxylic acids is 1. The zero-order valence-electron chi connectivity index (χ0n) is 8.51. The second-order valence-corrected chi connectivity index (χ2v) is 4.27. The van der Waals surface area contributed by atoms with E-state index in [1.807, 2.05) is 17.5 Å². The van der Waals surface area contributed by atoms with Gasteiger partial charge in [0.1, 0.15) is 5.69 Å². The number of nitrogens with zero attached hydrogens (tertiary/aromatic N) is 1. The highest BCUT2D eigenvalue weighted by molar-refractivity contribution is 7.09. The van der Waals surface area contributed by atoms with Gasteiger partial charge in [0.15, 0.2) is 0 Å². The minimum absolute atomic E-state index is 0.208. The fourth-order valence-corrected chi connectivity index (χ4v) is 1.89. The van der Waals surface area contributed by atoms with Gasteiger partial charge in [-0.2, -0.15) is 0 Å². The summed E-state index contributed by atoms with van der Waals surface area (Å²) < 4.78 is 0. The van der Waals surface area contributed by atoms with E-state index >= 15 is 0 Å². The Morgan fingerprint density at radius 3 is 3.06 bits per heavy atom. The number of nitrogen functional groups attached to an aromatic ring is 1. The molecule has 1 amide bonds. The Balaban J connectivity index is 1.98. The van der Waals surface area contributed by atoms with E-state index in [1.165, 1.54) is 6.20 Å². The second kappa shape index (κ2) is 4.76. The van der Waals surface area contributed by atoms with Crippen molar-refractivity contribution < 1.29 is 4.79 Å². The van der Waals surface area contributed by atoms with Crippen molar-refractivity contribution in [3.8, 4) is 0 Å². The topological polar surface area (TPSA) is 68.0 Å². The van der Waals surface area contributed by atoms with Gasteiger partial charge in [-0.3, -0.25) is 9.78 Å². The number of nitrogens with two attached hydrogens (primary N) is 1. The van der Waals surface area contributed by atoms with Crippen molar-refractivity contribution in [3.63, 3.8) is 0 Å².